The van der Waals surface area contributed by atoms with Gasteiger partial charge in [-0.15, -0.1) is 0 Å². The van der Waals surface area contributed by atoms with Crippen LogP contribution in [-0.2, 0) is 11.3 Å². The molecule has 1 heterocycles. The average molecular weight is 254 g/mol. The number of morpholine rings is 1. The third-order valence-corrected chi connectivity index (χ3v) is 3.60. The van der Waals surface area contributed by atoms with Gasteiger partial charge in [0.05, 0.1) is 13.2 Å². The second-order valence-electron chi connectivity index (χ2n) is 4.89. The molecule has 2 rings (SSSR count). The first kappa shape index (κ1) is 12.9. The Morgan fingerprint density at radius 1 is 1.29 bits per heavy atom. The summed E-state index contributed by atoms with van der Waals surface area (Å²) in [5, 5.41) is 0.876. The van der Waals surface area contributed by atoms with E-state index >= 15 is 0 Å². The zero-order chi connectivity index (χ0) is 12.3. The summed E-state index contributed by atoms with van der Waals surface area (Å²) in [5.41, 5.74) is 2.59. The molecule has 0 amide bonds. The minimum atomic E-state index is 0.552. The second kappa shape index (κ2) is 5.85. The lowest BCUT2D eigenvalue weighted by molar-refractivity contribution is 0.0342. The van der Waals surface area contributed by atoms with E-state index in [1.54, 1.807) is 0 Å². The van der Waals surface area contributed by atoms with E-state index in [9.17, 15) is 0 Å². The van der Waals surface area contributed by atoms with Gasteiger partial charge in [0.15, 0.2) is 0 Å². The largest absolute Gasteiger partial charge is 0.379 e. The normalized spacial score (nSPS) is 17.6. The molecule has 0 radical (unpaired) electrons. The highest BCUT2D eigenvalue weighted by Crippen LogP contribution is 2.23. The lowest BCUT2D eigenvalue weighted by atomic mass is 10.0. The van der Waals surface area contributed by atoms with Crippen molar-refractivity contribution < 1.29 is 4.74 Å². The summed E-state index contributed by atoms with van der Waals surface area (Å²) in [4.78, 5) is 2.40. The first-order valence-corrected chi connectivity index (χ1v) is 6.63. The maximum Gasteiger partial charge on any atom is 0.0594 e. The SMILES string of the molecule is CC(C)c1ccc(Cl)c(CN2CCOCC2)c1. The van der Waals surface area contributed by atoms with E-state index in [0.29, 0.717) is 5.92 Å². The van der Waals surface area contributed by atoms with Gasteiger partial charge < -0.3 is 4.74 Å². The van der Waals surface area contributed by atoms with Crippen molar-refractivity contribution in [1.82, 2.24) is 4.90 Å². The van der Waals surface area contributed by atoms with Crippen LogP contribution in [0.1, 0.15) is 30.9 Å². The number of halogens is 1. The van der Waals surface area contributed by atoms with Gasteiger partial charge in [-0.25, -0.2) is 0 Å². The highest BCUT2D eigenvalue weighted by atomic mass is 35.5. The summed E-state index contributed by atoms with van der Waals surface area (Å²) >= 11 is 6.26. The van der Waals surface area contributed by atoms with E-state index in [2.05, 4.69) is 30.9 Å². The zero-order valence-electron chi connectivity index (χ0n) is 10.6. The van der Waals surface area contributed by atoms with Crippen LogP contribution in [0, 0.1) is 0 Å². The van der Waals surface area contributed by atoms with Gasteiger partial charge in [0.1, 0.15) is 0 Å². The van der Waals surface area contributed by atoms with Crippen molar-refractivity contribution in [3.63, 3.8) is 0 Å². The van der Waals surface area contributed by atoms with Crippen LogP contribution in [0.25, 0.3) is 0 Å². The molecule has 0 aromatic heterocycles. The Labute approximate surface area is 109 Å². The molecular formula is C14H20ClNO. The van der Waals surface area contributed by atoms with Crippen molar-refractivity contribution in [2.24, 2.45) is 0 Å². The van der Waals surface area contributed by atoms with Crippen LogP contribution in [-0.4, -0.2) is 31.2 Å². The van der Waals surface area contributed by atoms with Crippen molar-refractivity contribution in [3.8, 4) is 0 Å². The minimum Gasteiger partial charge on any atom is -0.379 e. The van der Waals surface area contributed by atoms with Crippen LogP contribution >= 0.6 is 11.6 Å². The van der Waals surface area contributed by atoms with E-state index < -0.39 is 0 Å². The number of benzene rings is 1. The fourth-order valence-corrected chi connectivity index (χ4v) is 2.25. The molecule has 0 saturated carbocycles. The van der Waals surface area contributed by atoms with E-state index in [1.165, 1.54) is 11.1 Å². The summed E-state index contributed by atoms with van der Waals surface area (Å²) in [6, 6.07) is 6.38. The molecule has 17 heavy (non-hydrogen) atoms. The molecule has 0 aliphatic carbocycles. The molecule has 1 aliphatic rings. The van der Waals surface area contributed by atoms with Crippen LogP contribution < -0.4 is 0 Å². The predicted molar refractivity (Wildman–Crippen MR) is 71.6 cm³/mol. The van der Waals surface area contributed by atoms with Gasteiger partial charge >= 0.3 is 0 Å². The first-order chi connectivity index (χ1) is 8.16. The monoisotopic (exact) mass is 253 g/mol. The fraction of sp³-hybridized carbons (Fsp3) is 0.571. The molecule has 1 aromatic rings. The molecule has 0 unspecified atom stereocenters. The fourth-order valence-electron chi connectivity index (χ4n) is 2.08. The van der Waals surface area contributed by atoms with Crippen LogP contribution in [0.3, 0.4) is 0 Å². The quantitative estimate of drug-likeness (QED) is 0.820. The summed E-state index contributed by atoms with van der Waals surface area (Å²) < 4.78 is 5.35. The van der Waals surface area contributed by atoms with E-state index in [0.717, 1.165) is 37.9 Å². The summed E-state index contributed by atoms with van der Waals surface area (Å²) in [5.74, 6) is 0.552. The molecule has 0 N–H and O–H groups in total. The summed E-state index contributed by atoms with van der Waals surface area (Å²) in [7, 11) is 0. The van der Waals surface area contributed by atoms with E-state index in [-0.39, 0.29) is 0 Å². The Kier molecular flexibility index (Phi) is 4.43. The van der Waals surface area contributed by atoms with Gasteiger partial charge in [-0.1, -0.05) is 37.6 Å². The predicted octanol–water partition coefficient (Wildman–Crippen LogP) is 3.30. The topological polar surface area (TPSA) is 12.5 Å². The van der Waals surface area contributed by atoms with Gasteiger partial charge in [0, 0.05) is 24.7 Å². The molecule has 3 heteroatoms. The van der Waals surface area contributed by atoms with Gasteiger partial charge in [-0.05, 0) is 23.1 Å². The van der Waals surface area contributed by atoms with Crippen molar-refractivity contribution in [2.45, 2.75) is 26.3 Å². The first-order valence-electron chi connectivity index (χ1n) is 6.25. The molecule has 1 aliphatic heterocycles. The summed E-state index contributed by atoms with van der Waals surface area (Å²) in [6.07, 6.45) is 0. The van der Waals surface area contributed by atoms with Crippen molar-refractivity contribution >= 4 is 11.6 Å². The highest BCUT2D eigenvalue weighted by Gasteiger charge is 2.13. The van der Waals surface area contributed by atoms with Gasteiger partial charge in [0.25, 0.3) is 0 Å². The lowest BCUT2D eigenvalue weighted by Crippen LogP contribution is -2.35. The summed E-state index contributed by atoms with van der Waals surface area (Å²) in [6.45, 7) is 9.03. The maximum atomic E-state index is 6.26. The Morgan fingerprint density at radius 3 is 2.65 bits per heavy atom. The third kappa shape index (κ3) is 3.44. The minimum absolute atomic E-state index is 0.552. The molecule has 2 nitrogen and oxygen atoms in total. The smallest absolute Gasteiger partial charge is 0.0594 e. The Hall–Kier alpha value is -0.570. The lowest BCUT2D eigenvalue weighted by Gasteiger charge is -2.27. The Balaban J connectivity index is 2.10. The highest BCUT2D eigenvalue weighted by molar-refractivity contribution is 6.31. The van der Waals surface area contributed by atoms with Gasteiger partial charge in [0.2, 0.25) is 0 Å². The molecule has 0 bridgehead atoms. The maximum absolute atomic E-state index is 6.26. The molecule has 0 atom stereocenters. The number of nitrogens with zero attached hydrogens (tertiary/aromatic N) is 1. The zero-order valence-corrected chi connectivity index (χ0v) is 11.3. The molecular weight excluding hydrogens is 234 g/mol. The third-order valence-electron chi connectivity index (χ3n) is 3.23. The van der Waals surface area contributed by atoms with Gasteiger partial charge in [-0.3, -0.25) is 4.90 Å². The molecule has 1 fully saturated rings. The van der Waals surface area contributed by atoms with Crippen molar-refractivity contribution in [3.05, 3.63) is 34.3 Å². The van der Waals surface area contributed by atoms with Crippen molar-refractivity contribution in [1.29, 1.82) is 0 Å². The van der Waals surface area contributed by atoms with E-state index in [1.807, 2.05) is 6.07 Å². The molecule has 1 aromatic carbocycles. The average Bonchev–Trinajstić information content (AvgIpc) is 2.33. The number of hydrogen-bond acceptors (Lipinski definition) is 2. The Bertz CT molecular complexity index is 372. The van der Waals surface area contributed by atoms with Crippen molar-refractivity contribution in [2.75, 3.05) is 26.3 Å². The van der Waals surface area contributed by atoms with E-state index in [4.69, 9.17) is 16.3 Å². The molecule has 94 valence electrons. The van der Waals surface area contributed by atoms with Gasteiger partial charge in [-0.2, -0.15) is 0 Å². The standard InChI is InChI=1S/C14H20ClNO/c1-11(2)12-3-4-14(15)13(9-12)10-16-5-7-17-8-6-16/h3-4,9,11H,5-8,10H2,1-2H3. The molecule has 1 saturated heterocycles. The van der Waals surface area contributed by atoms with Crippen LogP contribution in [0.4, 0.5) is 0 Å². The van der Waals surface area contributed by atoms with Crippen LogP contribution in [0.2, 0.25) is 5.02 Å². The second-order valence-corrected chi connectivity index (χ2v) is 5.30. The number of ether oxygens (including phenoxy) is 1. The van der Waals surface area contributed by atoms with Crippen LogP contribution in [0.5, 0.6) is 0 Å². The number of hydrogen-bond donors (Lipinski definition) is 0. The Morgan fingerprint density at radius 2 is 2.00 bits per heavy atom. The number of rotatable bonds is 3. The molecule has 0 spiro atoms. The van der Waals surface area contributed by atoms with Crippen LogP contribution in [0.15, 0.2) is 18.2 Å².